The number of carboxylic acid groups (broad SMARTS) is 1. The van der Waals surface area contributed by atoms with Gasteiger partial charge in [-0.3, -0.25) is 0 Å². The van der Waals surface area contributed by atoms with Gasteiger partial charge in [-0.25, -0.2) is 4.79 Å². The maximum absolute atomic E-state index is 10.7. The third-order valence-corrected chi connectivity index (χ3v) is 2.90. The van der Waals surface area contributed by atoms with Crippen LogP contribution in [0.3, 0.4) is 0 Å². The molecule has 0 unspecified atom stereocenters. The number of nitrogens with one attached hydrogen (secondary N) is 1. The van der Waals surface area contributed by atoms with Crippen LogP contribution in [0, 0.1) is 11.3 Å². The Morgan fingerprint density at radius 2 is 1.79 bits per heavy atom. The first-order chi connectivity index (χ1) is 6.17. The average molecular weight is 203 g/mol. The lowest BCUT2D eigenvalue weighted by Gasteiger charge is -2.46. The molecule has 0 saturated heterocycles. The van der Waals surface area contributed by atoms with E-state index < -0.39 is 11.6 Å². The first-order valence-electron chi connectivity index (χ1n) is 4.79. The predicted octanol–water partition coefficient (Wildman–Crippen LogP) is 1.69. The van der Waals surface area contributed by atoms with E-state index in [4.69, 9.17) is 5.11 Å². The summed E-state index contributed by atoms with van der Waals surface area (Å²) >= 11 is 0. The van der Waals surface area contributed by atoms with Crippen molar-refractivity contribution in [1.29, 1.82) is 0 Å². The van der Waals surface area contributed by atoms with Gasteiger partial charge < -0.3 is 15.5 Å². The van der Waals surface area contributed by atoms with Crippen LogP contribution in [0.25, 0.3) is 0 Å². The van der Waals surface area contributed by atoms with Gasteiger partial charge in [0.05, 0.1) is 12.1 Å². The van der Waals surface area contributed by atoms with Gasteiger partial charge in [0.25, 0.3) is 0 Å². The Balaban J connectivity index is 5.09. The molecule has 0 fully saturated rings. The Kier molecular flexibility index (Phi) is 3.94. The Labute approximate surface area is 85.3 Å². The van der Waals surface area contributed by atoms with Crippen molar-refractivity contribution in [1.82, 2.24) is 5.32 Å². The molecule has 0 heterocycles. The Bertz CT molecular complexity index is 208. The minimum Gasteiger partial charge on any atom is -0.465 e. The summed E-state index contributed by atoms with van der Waals surface area (Å²) < 4.78 is 0. The highest BCUT2D eigenvalue weighted by atomic mass is 16.4. The van der Waals surface area contributed by atoms with Crippen molar-refractivity contribution in [2.75, 3.05) is 6.61 Å². The number of hydrogen-bond donors (Lipinski definition) is 3. The fraction of sp³-hybridized carbons (Fsp3) is 0.900. The monoisotopic (exact) mass is 203 g/mol. The van der Waals surface area contributed by atoms with Crippen molar-refractivity contribution in [3.8, 4) is 0 Å². The van der Waals surface area contributed by atoms with Gasteiger partial charge in [-0.1, -0.05) is 34.6 Å². The summed E-state index contributed by atoms with van der Waals surface area (Å²) in [6.45, 7) is 9.35. The van der Waals surface area contributed by atoms with E-state index >= 15 is 0 Å². The molecule has 1 amide bonds. The number of carbonyl (C=O) groups is 1. The maximum Gasteiger partial charge on any atom is 0.405 e. The van der Waals surface area contributed by atoms with Gasteiger partial charge in [-0.05, 0) is 11.3 Å². The van der Waals surface area contributed by atoms with E-state index in [-0.39, 0.29) is 17.9 Å². The molecule has 1 atom stereocenters. The van der Waals surface area contributed by atoms with Crippen LogP contribution in [-0.2, 0) is 0 Å². The first-order valence-corrected chi connectivity index (χ1v) is 4.79. The van der Waals surface area contributed by atoms with Crippen LogP contribution in [0.5, 0.6) is 0 Å². The molecule has 14 heavy (non-hydrogen) atoms. The summed E-state index contributed by atoms with van der Waals surface area (Å²) in [5.41, 5.74) is -1.12. The number of aliphatic hydroxyl groups excluding tert-OH is 1. The smallest absolute Gasteiger partial charge is 0.405 e. The molecule has 0 radical (unpaired) electrons. The summed E-state index contributed by atoms with van der Waals surface area (Å²) in [5.74, 6) is 0.0311. The standard InChI is InChI=1S/C10H21NO3/c1-7(2)10(6-12,9(3,4)5)11-8(13)14/h7,11-12H,6H2,1-5H3,(H,13,14)/t10-/m1/s1. The fourth-order valence-electron chi connectivity index (χ4n) is 1.85. The molecule has 0 aliphatic rings. The van der Waals surface area contributed by atoms with E-state index in [1.54, 1.807) is 0 Å². The molecule has 84 valence electrons. The number of amides is 1. The SMILES string of the molecule is CC(C)[C@@](CO)(NC(=O)O)C(C)(C)C. The second-order valence-corrected chi connectivity index (χ2v) is 4.96. The third kappa shape index (κ3) is 2.38. The van der Waals surface area contributed by atoms with Crippen molar-refractivity contribution in [2.45, 2.75) is 40.2 Å². The van der Waals surface area contributed by atoms with Crippen molar-refractivity contribution in [2.24, 2.45) is 11.3 Å². The molecule has 0 rings (SSSR count). The second-order valence-electron chi connectivity index (χ2n) is 4.96. The van der Waals surface area contributed by atoms with Crippen molar-refractivity contribution in [3.05, 3.63) is 0 Å². The van der Waals surface area contributed by atoms with E-state index in [2.05, 4.69) is 5.32 Å². The molecule has 0 aromatic heterocycles. The number of rotatable bonds is 3. The van der Waals surface area contributed by atoms with Crippen LogP contribution in [0.2, 0.25) is 0 Å². The van der Waals surface area contributed by atoms with Crippen molar-refractivity contribution >= 4 is 6.09 Å². The predicted molar refractivity (Wildman–Crippen MR) is 55.3 cm³/mol. The quantitative estimate of drug-likeness (QED) is 0.653. The molecule has 0 aromatic carbocycles. The van der Waals surface area contributed by atoms with Crippen LogP contribution in [-0.4, -0.2) is 28.5 Å². The average Bonchev–Trinajstić information content (AvgIpc) is 1.96. The second kappa shape index (κ2) is 4.17. The van der Waals surface area contributed by atoms with Gasteiger partial charge in [0.2, 0.25) is 0 Å². The molecule has 4 heteroatoms. The van der Waals surface area contributed by atoms with Gasteiger partial charge in [0.15, 0.2) is 0 Å². The molecule has 0 spiro atoms. The molecule has 0 saturated carbocycles. The highest BCUT2D eigenvalue weighted by Crippen LogP contribution is 2.36. The van der Waals surface area contributed by atoms with Crippen LogP contribution >= 0.6 is 0 Å². The largest absolute Gasteiger partial charge is 0.465 e. The molecular weight excluding hydrogens is 182 g/mol. The van der Waals surface area contributed by atoms with Gasteiger partial charge >= 0.3 is 6.09 Å². The zero-order chi connectivity index (χ0) is 11.6. The zero-order valence-electron chi connectivity index (χ0n) is 9.59. The molecule has 3 N–H and O–H groups in total. The van der Waals surface area contributed by atoms with Gasteiger partial charge in [0.1, 0.15) is 0 Å². The number of aliphatic hydroxyl groups is 1. The molecule has 0 aromatic rings. The molecular formula is C10H21NO3. The highest BCUT2D eigenvalue weighted by molar-refractivity contribution is 5.66. The Hall–Kier alpha value is -0.770. The van der Waals surface area contributed by atoms with Crippen LogP contribution in [0.1, 0.15) is 34.6 Å². The lowest BCUT2D eigenvalue weighted by molar-refractivity contribution is 0.0236. The molecule has 4 nitrogen and oxygen atoms in total. The summed E-state index contributed by atoms with van der Waals surface area (Å²) in [4.78, 5) is 10.7. The Morgan fingerprint density at radius 1 is 1.36 bits per heavy atom. The normalized spacial score (nSPS) is 16.5. The Morgan fingerprint density at radius 3 is 1.86 bits per heavy atom. The lowest BCUT2D eigenvalue weighted by atomic mass is 9.67. The van der Waals surface area contributed by atoms with Gasteiger partial charge in [-0.2, -0.15) is 0 Å². The molecule has 0 aliphatic heterocycles. The number of hydrogen-bond acceptors (Lipinski definition) is 2. The molecule has 0 bridgehead atoms. The van der Waals surface area contributed by atoms with E-state index in [0.29, 0.717) is 0 Å². The highest BCUT2D eigenvalue weighted by Gasteiger charge is 2.45. The summed E-state index contributed by atoms with van der Waals surface area (Å²) in [6, 6.07) is 0. The minimum atomic E-state index is -1.09. The van der Waals surface area contributed by atoms with E-state index in [1.807, 2.05) is 34.6 Å². The topological polar surface area (TPSA) is 69.6 Å². The van der Waals surface area contributed by atoms with Gasteiger partial charge in [0, 0.05) is 0 Å². The maximum atomic E-state index is 10.7. The van der Waals surface area contributed by atoms with E-state index in [1.165, 1.54) is 0 Å². The van der Waals surface area contributed by atoms with Gasteiger partial charge in [-0.15, -0.1) is 0 Å². The third-order valence-electron chi connectivity index (χ3n) is 2.90. The first kappa shape index (κ1) is 13.2. The zero-order valence-corrected chi connectivity index (χ0v) is 9.59. The molecule has 0 aliphatic carbocycles. The lowest BCUT2D eigenvalue weighted by Crippen LogP contribution is -2.62. The summed E-state index contributed by atoms with van der Waals surface area (Å²) in [6.07, 6.45) is -1.09. The van der Waals surface area contributed by atoms with Crippen molar-refractivity contribution in [3.63, 3.8) is 0 Å². The minimum absolute atomic E-state index is 0.0311. The van der Waals surface area contributed by atoms with Crippen molar-refractivity contribution < 1.29 is 15.0 Å². The summed E-state index contributed by atoms with van der Waals surface area (Å²) in [5, 5.41) is 20.6. The van der Waals surface area contributed by atoms with Crippen LogP contribution in [0.15, 0.2) is 0 Å². The fourth-order valence-corrected chi connectivity index (χ4v) is 1.85. The van der Waals surface area contributed by atoms with E-state index in [0.717, 1.165) is 0 Å². The van der Waals surface area contributed by atoms with E-state index in [9.17, 15) is 9.90 Å². The van der Waals surface area contributed by atoms with Crippen LogP contribution < -0.4 is 5.32 Å². The van der Waals surface area contributed by atoms with Crippen LogP contribution in [0.4, 0.5) is 4.79 Å². The summed E-state index contributed by atoms with van der Waals surface area (Å²) in [7, 11) is 0.